The zero-order chi connectivity index (χ0) is 19.6. The lowest BCUT2D eigenvalue weighted by atomic mass is 10.1. The molecule has 0 aliphatic carbocycles. The molecule has 1 N–H and O–H groups in total. The van der Waals surface area contributed by atoms with E-state index in [4.69, 9.17) is 9.40 Å². The molecule has 4 heteroatoms. The van der Waals surface area contributed by atoms with E-state index in [1.54, 1.807) is 0 Å². The van der Waals surface area contributed by atoms with Crippen molar-refractivity contribution >= 4 is 5.91 Å². The maximum Gasteiger partial charge on any atom is 0.220 e. The van der Waals surface area contributed by atoms with Crippen LogP contribution in [0.3, 0.4) is 0 Å². The minimum atomic E-state index is 0.0530. The van der Waals surface area contributed by atoms with Crippen LogP contribution < -0.4 is 5.32 Å². The van der Waals surface area contributed by atoms with Crippen LogP contribution in [0.5, 0.6) is 0 Å². The maximum atomic E-state index is 12.1. The topological polar surface area (TPSA) is 55.1 Å². The highest BCUT2D eigenvalue weighted by atomic mass is 16.4. The molecule has 0 unspecified atom stereocenters. The minimum absolute atomic E-state index is 0.0530. The first kappa shape index (κ1) is 19.9. The molecule has 0 aliphatic rings. The Labute approximate surface area is 167 Å². The summed E-state index contributed by atoms with van der Waals surface area (Å²) in [5.41, 5.74) is 2.82. The van der Waals surface area contributed by atoms with Gasteiger partial charge < -0.3 is 9.73 Å². The Hall–Kier alpha value is -2.88. The average Bonchev–Trinajstić information content (AvgIpc) is 3.18. The summed E-state index contributed by atoms with van der Waals surface area (Å²) in [6.07, 6.45) is 5.50. The second-order valence-electron chi connectivity index (χ2n) is 6.93. The van der Waals surface area contributed by atoms with E-state index in [0.717, 1.165) is 42.0 Å². The monoisotopic (exact) mass is 376 g/mol. The van der Waals surface area contributed by atoms with E-state index in [2.05, 4.69) is 12.2 Å². The smallest absolute Gasteiger partial charge is 0.220 e. The lowest BCUT2D eigenvalue weighted by Crippen LogP contribution is -2.24. The third-order valence-electron chi connectivity index (χ3n) is 4.67. The van der Waals surface area contributed by atoms with E-state index in [1.807, 2.05) is 60.7 Å². The fourth-order valence-corrected chi connectivity index (χ4v) is 3.14. The molecule has 0 bridgehead atoms. The number of carbonyl (C=O) groups excluding carboxylic acids is 1. The quantitative estimate of drug-likeness (QED) is 0.466. The Morgan fingerprint density at radius 2 is 1.61 bits per heavy atom. The number of nitrogens with one attached hydrogen (secondary N) is 1. The number of hydrogen-bond donors (Lipinski definition) is 1. The van der Waals surface area contributed by atoms with Gasteiger partial charge in [0.1, 0.15) is 5.69 Å². The first-order valence-corrected chi connectivity index (χ1v) is 10.1. The molecule has 146 valence electrons. The molecule has 2 aromatic carbocycles. The van der Waals surface area contributed by atoms with Gasteiger partial charge in [-0.2, -0.15) is 0 Å². The predicted molar refractivity (Wildman–Crippen MR) is 113 cm³/mol. The molecule has 1 amide bonds. The van der Waals surface area contributed by atoms with E-state index in [-0.39, 0.29) is 5.91 Å². The zero-order valence-electron chi connectivity index (χ0n) is 16.5. The number of amides is 1. The van der Waals surface area contributed by atoms with Crippen molar-refractivity contribution in [3.63, 3.8) is 0 Å². The molecule has 0 spiro atoms. The molecule has 4 nitrogen and oxygen atoms in total. The predicted octanol–water partition coefficient (Wildman–Crippen LogP) is 5.64. The highest BCUT2D eigenvalue weighted by Crippen LogP contribution is 2.32. The molecule has 0 saturated heterocycles. The van der Waals surface area contributed by atoms with Crippen LogP contribution >= 0.6 is 0 Å². The van der Waals surface area contributed by atoms with Crippen molar-refractivity contribution in [3.05, 3.63) is 66.6 Å². The van der Waals surface area contributed by atoms with Crippen LogP contribution in [0.1, 0.15) is 44.9 Å². The lowest BCUT2D eigenvalue weighted by Gasteiger charge is -2.03. The summed E-state index contributed by atoms with van der Waals surface area (Å²) in [6, 6.07) is 20.0. The minimum Gasteiger partial charge on any atom is -0.440 e. The number of oxazole rings is 1. The molecular formula is C24H28N2O2. The summed E-state index contributed by atoms with van der Waals surface area (Å²) < 4.78 is 6.07. The van der Waals surface area contributed by atoms with Gasteiger partial charge in [-0.3, -0.25) is 4.79 Å². The maximum absolute atomic E-state index is 12.1. The normalized spacial score (nSPS) is 10.8. The molecule has 28 heavy (non-hydrogen) atoms. The number of rotatable bonds is 10. The fraction of sp³-hybridized carbons (Fsp3) is 0.333. The van der Waals surface area contributed by atoms with Gasteiger partial charge in [0.15, 0.2) is 11.7 Å². The SMILES string of the molecule is CCCCCCNC(=O)CCc1nc(-c2ccccc2)c(-c2ccccc2)o1. The third-order valence-corrected chi connectivity index (χ3v) is 4.67. The van der Waals surface area contributed by atoms with E-state index < -0.39 is 0 Å². The van der Waals surface area contributed by atoms with Crippen LogP contribution in [-0.4, -0.2) is 17.4 Å². The van der Waals surface area contributed by atoms with Gasteiger partial charge in [-0.1, -0.05) is 86.8 Å². The summed E-state index contributed by atoms with van der Waals surface area (Å²) in [4.78, 5) is 16.8. The molecule has 0 fully saturated rings. The lowest BCUT2D eigenvalue weighted by molar-refractivity contribution is -0.121. The van der Waals surface area contributed by atoms with E-state index in [9.17, 15) is 4.79 Å². The van der Waals surface area contributed by atoms with Gasteiger partial charge in [-0.25, -0.2) is 4.98 Å². The van der Waals surface area contributed by atoms with Crippen molar-refractivity contribution in [2.24, 2.45) is 0 Å². The highest BCUT2D eigenvalue weighted by molar-refractivity contribution is 5.77. The number of aromatic nitrogens is 1. The Kier molecular flexibility index (Phi) is 7.42. The van der Waals surface area contributed by atoms with Crippen LogP contribution in [0.15, 0.2) is 65.1 Å². The number of unbranched alkanes of at least 4 members (excludes halogenated alkanes) is 3. The van der Waals surface area contributed by atoms with Crippen LogP contribution in [0.25, 0.3) is 22.6 Å². The van der Waals surface area contributed by atoms with Gasteiger partial charge >= 0.3 is 0 Å². The molecule has 0 atom stereocenters. The molecule has 3 aromatic rings. The second-order valence-corrected chi connectivity index (χ2v) is 6.93. The molecule has 3 rings (SSSR count). The summed E-state index contributed by atoms with van der Waals surface area (Å²) in [6.45, 7) is 2.93. The first-order valence-electron chi connectivity index (χ1n) is 10.1. The van der Waals surface area contributed by atoms with Gasteiger partial charge in [-0.05, 0) is 6.42 Å². The van der Waals surface area contributed by atoms with E-state index >= 15 is 0 Å². The van der Waals surface area contributed by atoms with E-state index in [1.165, 1.54) is 12.8 Å². The van der Waals surface area contributed by atoms with Crippen LogP contribution in [0, 0.1) is 0 Å². The Bertz CT molecular complexity index is 800. The largest absolute Gasteiger partial charge is 0.440 e. The number of benzene rings is 2. The van der Waals surface area contributed by atoms with Gasteiger partial charge in [-0.15, -0.1) is 0 Å². The van der Waals surface area contributed by atoms with E-state index in [0.29, 0.717) is 18.7 Å². The number of aryl methyl sites for hydroxylation is 1. The number of hydrogen-bond acceptors (Lipinski definition) is 3. The van der Waals surface area contributed by atoms with Crippen LogP contribution in [0.4, 0.5) is 0 Å². The first-order chi connectivity index (χ1) is 13.8. The summed E-state index contributed by atoms with van der Waals surface area (Å²) >= 11 is 0. The molecular weight excluding hydrogens is 348 g/mol. The third kappa shape index (κ3) is 5.56. The zero-order valence-corrected chi connectivity index (χ0v) is 16.5. The Morgan fingerprint density at radius 1 is 0.929 bits per heavy atom. The van der Waals surface area contributed by atoms with Crippen molar-refractivity contribution < 1.29 is 9.21 Å². The number of carbonyl (C=O) groups is 1. The average molecular weight is 377 g/mol. The van der Waals surface area contributed by atoms with Crippen molar-refractivity contribution in [1.29, 1.82) is 0 Å². The standard InChI is InChI=1S/C24H28N2O2/c1-2-3-4-11-18-25-21(27)16-17-22-26-23(19-12-7-5-8-13-19)24(28-22)20-14-9-6-10-15-20/h5-10,12-15H,2-4,11,16-18H2,1H3,(H,25,27). The van der Waals surface area contributed by atoms with Crippen LogP contribution in [0.2, 0.25) is 0 Å². The number of nitrogens with zero attached hydrogens (tertiary/aromatic N) is 1. The summed E-state index contributed by atoms with van der Waals surface area (Å²) in [5.74, 6) is 1.40. The van der Waals surface area contributed by atoms with Crippen molar-refractivity contribution in [2.75, 3.05) is 6.54 Å². The van der Waals surface area contributed by atoms with Crippen molar-refractivity contribution in [2.45, 2.75) is 45.4 Å². The molecule has 0 saturated carbocycles. The Morgan fingerprint density at radius 3 is 2.29 bits per heavy atom. The van der Waals surface area contributed by atoms with Gasteiger partial charge in [0.25, 0.3) is 0 Å². The van der Waals surface area contributed by atoms with Crippen molar-refractivity contribution in [1.82, 2.24) is 10.3 Å². The highest BCUT2D eigenvalue weighted by Gasteiger charge is 2.17. The van der Waals surface area contributed by atoms with Gasteiger partial charge in [0, 0.05) is 30.5 Å². The molecule has 0 radical (unpaired) electrons. The second kappa shape index (κ2) is 10.5. The summed E-state index contributed by atoms with van der Waals surface area (Å²) in [5, 5.41) is 2.99. The molecule has 1 aromatic heterocycles. The molecule has 0 aliphatic heterocycles. The fourth-order valence-electron chi connectivity index (χ4n) is 3.14. The van der Waals surface area contributed by atoms with Gasteiger partial charge in [0.2, 0.25) is 5.91 Å². The summed E-state index contributed by atoms with van der Waals surface area (Å²) in [7, 11) is 0. The van der Waals surface area contributed by atoms with Crippen molar-refractivity contribution in [3.8, 4) is 22.6 Å². The Balaban J connectivity index is 1.67. The van der Waals surface area contributed by atoms with Gasteiger partial charge in [0.05, 0.1) is 0 Å². The van der Waals surface area contributed by atoms with Crippen LogP contribution in [-0.2, 0) is 11.2 Å². The molecule has 1 heterocycles.